The summed E-state index contributed by atoms with van der Waals surface area (Å²) in [5, 5.41) is 25.0. The summed E-state index contributed by atoms with van der Waals surface area (Å²) in [5.41, 5.74) is 0. The van der Waals surface area contributed by atoms with Crippen molar-refractivity contribution in [1.82, 2.24) is 0 Å². The molecule has 0 amide bonds. The standard InChI is InChI=1S/4CN.K.Ni/c4*1-2;;/q4*-1;+1;+3. The van der Waals surface area contributed by atoms with Crippen LogP contribution in [0.2, 0.25) is 0 Å². The predicted octanol–water partition coefficient (Wildman–Crippen LogP) is -2.61. The largest absolute Gasteiger partial charge is 3.00 e. The van der Waals surface area contributed by atoms with Crippen molar-refractivity contribution in [1.29, 1.82) is 21.0 Å². The fourth-order valence-corrected chi connectivity index (χ4v) is 0. The molecule has 47 valence electrons. The minimum absolute atomic E-state index is 0. The van der Waals surface area contributed by atoms with Crippen molar-refractivity contribution in [3.8, 4) is 0 Å². The van der Waals surface area contributed by atoms with Crippen molar-refractivity contribution in [2.75, 3.05) is 0 Å². The number of nitrogens with zero attached hydrogens (tertiary/aromatic N) is 4. The van der Waals surface area contributed by atoms with Crippen molar-refractivity contribution in [3.05, 3.63) is 26.3 Å². The summed E-state index contributed by atoms with van der Waals surface area (Å²) in [6, 6.07) is 0. The summed E-state index contributed by atoms with van der Waals surface area (Å²) in [5.74, 6) is 0. The Bertz CT molecular complexity index is 60.2. The van der Waals surface area contributed by atoms with E-state index in [-0.39, 0.29) is 67.9 Å². The Labute approximate surface area is 113 Å². The summed E-state index contributed by atoms with van der Waals surface area (Å²) in [4.78, 5) is 0. The molecule has 6 heteroatoms. The molecule has 0 bridgehead atoms. The van der Waals surface area contributed by atoms with Gasteiger partial charge in [-0.2, -0.15) is 0 Å². The maximum atomic E-state index is 6.25. The number of rotatable bonds is 0. The normalized spacial score (nSPS) is 0.800. The molecule has 0 aromatic carbocycles. The molecule has 0 fully saturated rings. The quantitative estimate of drug-likeness (QED) is 0.317. The first-order chi connectivity index (χ1) is 4.00. The molecule has 0 heterocycles. The third kappa shape index (κ3) is 50300. The number of hydrogen-bond donors (Lipinski definition) is 0. The van der Waals surface area contributed by atoms with E-state index in [1.54, 1.807) is 0 Å². The monoisotopic (exact) mass is 201 g/mol. The molecule has 0 saturated heterocycles. The molecule has 0 saturated carbocycles. The van der Waals surface area contributed by atoms with Gasteiger partial charge in [-0.05, 0) is 0 Å². The summed E-state index contributed by atoms with van der Waals surface area (Å²) >= 11 is 0. The van der Waals surface area contributed by atoms with Gasteiger partial charge in [-0.1, -0.05) is 0 Å². The molecule has 0 aromatic heterocycles. The molecular formula is C4KN4Ni. The molecule has 4 nitrogen and oxygen atoms in total. The summed E-state index contributed by atoms with van der Waals surface area (Å²) in [6.45, 7) is 19.0. The molecule has 0 spiro atoms. The van der Waals surface area contributed by atoms with Gasteiger partial charge >= 0.3 is 67.9 Å². The van der Waals surface area contributed by atoms with Crippen molar-refractivity contribution in [3.63, 3.8) is 0 Å². The van der Waals surface area contributed by atoms with Gasteiger partial charge < -0.3 is 47.3 Å². The minimum atomic E-state index is 0. The molecular weight excluding hydrogens is 202 g/mol. The van der Waals surface area contributed by atoms with Gasteiger partial charge in [0.05, 0.1) is 0 Å². The van der Waals surface area contributed by atoms with Crippen LogP contribution in [0.1, 0.15) is 0 Å². The maximum absolute atomic E-state index is 6.25. The Balaban J connectivity index is -0.00000000500. The Morgan fingerprint density at radius 3 is 0.500 bits per heavy atom. The van der Waals surface area contributed by atoms with E-state index in [0.29, 0.717) is 0 Å². The van der Waals surface area contributed by atoms with Crippen LogP contribution < -0.4 is 51.4 Å². The first-order valence-electron chi connectivity index (χ1n) is 0.894. The summed E-state index contributed by atoms with van der Waals surface area (Å²) < 4.78 is 0. The zero-order chi connectivity index (χ0) is 8.00. The first kappa shape index (κ1) is 49.8. The smallest absolute Gasteiger partial charge is 0.512 e. The molecule has 0 atom stereocenters. The minimum Gasteiger partial charge on any atom is -0.512 e. The second-order valence-electron chi connectivity index (χ2n) is 0. The fraction of sp³-hybridized carbons (Fsp3) is 0. The fourth-order valence-electron chi connectivity index (χ4n) is 0. The molecule has 1 radical (unpaired) electrons. The second kappa shape index (κ2) is 73700. The Hall–Kier alpha value is 0.0899. The van der Waals surface area contributed by atoms with E-state index in [2.05, 4.69) is 0 Å². The third-order valence-electron chi connectivity index (χ3n) is 0. The van der Waals surface area contributed by atoms with Gasteiger partial charge in [0.15, 0.2) is 0 Å². The van der Waals surface area contributed by atoms with Gasteiger partial charge in [0.2, 0.25) is 0 Å². The van der Waals surface area contributed by atoms with Crippen LogP contribution in [0.5, 0.6) is 0 Å². The van der Waals surface area contributed by atoms with Crippen molar-refractivity contribution >= 4 is 0 Å². The van der Waals surface area contributed by atoms with Gasteiger partial charge in [-0.25, -0.2) is 0 Å². The predicted molar refractivity (Wildman–Crippen MR) is 19.9 cm³/mol. The van der Waals surface area contributed by atoms with Crippen molar-refractivity contribution < 1.29 is 67.9 Å². The van der Waals surface area contributed by atoms with Crippen LogP contribution in [0.4, 0.5) is 0 Å². The Kier molecular flexibility index (Phi) is 367000. The zero-order valence-corrected chi connectivity index (χ0v) is 9.22. The molecule has 0 aromatic rings. The Morgan fingerprint density at radius 2 is 0.500 bits per heavy atom. The molecule has 0 aliphatic carbocycles. The molecule has 0 N–H and O–H groups in total. The third-order valence-corrected chi connectivity index (χ3v) is 0. The molecule has 0 rings (SSSR count). The first-order valence-corrected chi connectivity index (χ1v) is 0.894. The summed E-state index contributed by atoms with van der Waals surface area (Å²) in [6.07, 6.45) is 0. The van der Waals surface area contributed by atoms with Crippen molar-refractivity contribution in [2.45, 2.75) is 0 Å². The van der Waals surface area contributed by atoms with Crippen LogP contribution >= 0.6 is 0 Å². The van der Waals surface area contributed by atoms with Crippen LogP contribution in [-0.2, 0) is 16.5 Å². The van der Waals surface area contributed by atoms with E-state index in [0.717, 1.165) is 0 Å². The number of hydrogen-bond acceptors (Lipinski definition) is 4. The van der Waals surface area contributed by atoms with Crippen LogP contribution in [0.15, 0.2) is 0 Å². The van der Waals surface area contributed by atoms with Gasteiger partial charge in [0, 0.05) is 0 Å². The van der Waals surface area contributed by atoms with Crippen LogP contribution in [0, 0.1) is 47.3 Å². The van der Waals surface area contributed by atoms with E-state index in [9.17, 15) is 0 Å². The van der Waals surface area contributed by atoms with E-state index in [4.69, 9.17) is 47.3 Å². The Morgan fingerprint density at radius 1 is 0.500 bits per heavy atom. The van der Waals surface area contributed by atoms with Crippen LogP contribution in [-0.4, -0.2) is 0 Å². The molecule has 0 aliphatic rings. The van der Waals surface area contributed by atoms with Gasteiger partial charge in [0.25, 0.3) is 0 Å². The van der Waals surface area contributed by atoms with Crippen LogP contribution in [0.25, 0.3) is 0 Å². The zero-order valence-electron chi connectivity index (χ0n) is 5.11. The molecule has 0 unspecified atom stereocenters. The second-order valence-corrected chi connectivity index (χ2v) is 0. The molecule has 10 heavy (non-hydrogen) atoms. The van der Waals surface area contributed by atoms with E-state index in [1.165, 1.54) is 0 Å². The topological polar surface area (TPSA) is 95.2 Å². The van der Waals surface area contributed by atoms with E-state index < -0.39 is 0 Å². The van der Waals surface area contributed by atoms with E-state index in [1.807, 2.05) is 0 Å². The van der Waals surface area contributed by atoms with Crippen molar-refractivity contribution in [2.24, 2.45) is 0 Å². The van der Waals surface area contributed by atoms with Gasteiger partial charge in [-0.3, -0.25) is 0 Å². The average Bonchev–Trinajstić information content (AvgIpc) is 2.03. The van der Waals surface area contributed by atoms with Gasteiger partial charge in [-0.15, -0.1) is 0 Å². The maximum Gasteiger partial charge on any atom is 3.00 e. The average molecular weight is 202 g/mol. The SMILES string of the molecule is [C-]#N.[C-]#N.[C-]#N.[C-]#N.[K+].[Ni+3]. The van der Waals surface area contributed by atoms with Crippen LogP contribution in [0.3, 0.4) is 0 Å². The van der Waals surface area contributed by atoms with E-state index >= 15 is 0 Å². The molecule has 0 aliphatic heterocycles. The van der Waals surface area contributed by atoms with Gasteiger partial charge in [0.1, 0.15) is 0 Å². The summed E-state index contributed by atoms with van der Waals surface area (Å²) in [7, 11) is 0.